The van der Waals surface area contributed by atoms with Gasteiger partial charge in [-0.1, -0.05) is 23.7 Å². The Kier molecular flexibility index (Phi) is 5.85. The molecule has 1 atom stereocenters. The molecular weight excluding hydrogens is 328 g/mol. The van der Waals surface area contributed by atoms with Gasteiger partial charge in [-0.2, -0.15) is 4.98 Å². The Morgan fingerprint density at radius 3 is 2.75 bits per heavy atom. The number of rotatable bonds is 7. The van der Waals surface area contributed by atoms with Crippen LogP contribution < -0.4 is 10.6 Å². The zero-order valence-corrected chi connectivity index (χ0v) is 14.1. The van der Waals surface area contributed by atoms with Crippen molar-refractivity contribution < 1.29 is 9.84 Å². The van der Waals surface area contributed by atoms with Crippen molar-refractivity contribution in [2.75, 3.05) is 37.0 Å². The summed E-state index contributed by atoms with van der Waals surface area (Å²) in [6.45, 7) is 2.55. The topological polar surface area (TPSA) is 79.3 Å². The highest BCUT2D eigenvalue weighted by molar-refractivity contribution is 6.30. The molecule has 0 saturated carbocycles. The number of nitrogens with zero attached hydrogens (tertiary/aromatic N) is 2. The lowest BCUT2D eigenvalue weighted by Crippen LogP contribution is -2.13. The third-order valence-electron chi connectivity index (χ3n) is 3.88. The maximum Gasteiger partial charge on any atom is 0.224 e. The van der Waals surface area contributed by atoms with Crippen LogP contribution in [0.25, 0.3) is 0 Å². The molecule has 1 fully saturated rings. The molecule has 0 spiro atoms. The van der Waals surface area contributed by atoms with E-state index >= 15 is 0 Å². The van der Waals surface area contributed by atoms with Gasteiger partial charge in [-0.3, -0.25) is 0 Å². The summed E-state index contributed by atoms with van der Waals surface area (Å²) in [5, 5.41) is 16.1. The highest BCUT2D eigenvalue weighted by Crippen LogP contribution is 2.26. The van der Waals surface area contributed by atoms with E-state index in [4.69, 9.17) is 21.4 Å². The standard InChI is InChI=1S/C17H21ClN4O2/c18-14-3-1-12(2-4-14)10-20-16-9-15(13-5-8-24-11-13)21-17(22-16)19-6-7-23/h1-4,9,13,23H,5-8,10-11H2,(H2,19,20,21,22). The van der Waals surface area contributed by atoms with Gasteiger partial charge >= 0.3 is 0 Å². The SMILES string of the molecule is OCCNc1nc(NCc2ccc(Cl)cc2)cc(C2CCOC2)n1. The summed E-state index contributed by atoms with van der Waals surface area (Å²) in [6, 6.07) is 9.67. The third-order valence-corrected chi connectivity index (χ3v) is 4.13. The van der Waals surface area contributed by atoms with Crippen LogP contribution in [0, 0.1) is 0 Å². The van der Waals surface area contributed by atoms with E-state index in [0.717, 1.165) is 35.1 Å². The first-order valence-electron chi connectivity index (χ1n) is 8.04. The second kappa shape index (κ2) is 8.28. The van der Waals surface area contributed by atoms with E-state index in [9.17, 15) is 0 Å². The average Bonchev–Trinajstić information content (AvgIpc) is 3.14. The van der Waals surface area contributed by atoms with Gasteiger partial charge in [0.15, 0.2) is 0 Å². The summed E-state index contributed by atoms with van der Waals surface area (Å²) < 4.78 is 5.46. The number of hydrogen-bond acceptors (Lipinski definition) is 6. The van der Waals surface area contributed by atoms with Crippen molar-refractivity contribution in [3.8, 4) is 0 Å². The Balaban J connectivity index is 1.74. The van der Waals surface area contributed by atoms with Crippen LogP contribution in [0.15, 0.2) is 30.3 Å². The van der Waals surface area contributed by atoms with Crippen molar-refractivity contribution in [2.24, 2.45) is 0 Å². The lowest BCUT2D eigenvalue weighted by atomic mass is 10.0. The van der Waals surface area contributed by atoms with E-state index in [-0.39, 0.29) is 6.61 Å². The molecule has 1 aliphatic rings. The molecule has 0 aliphatic carbocycles. The second-order valence-corrected chi connectivity index (χ2v) is 6.13. The number of ether oxygens (including phenoxy) is 1. The van der Waals surface area contributed by atoms with Crippen LogP contribution in [0.3, 0.4) is 0 Å². The largest absolute Gasteiger partial charge is 0.395 e. The van der Waals surface area contributed by atoms with Crippen LogP contribution >= 0.6 is 11.6 Å². The van der Waals surface area contributed by atoms with Crippen molar-refractivity contribution in [2.45, 2.75) is 18.9 Å². The number of halogens is 1. The number of anilines is 2. The molecule has 0 amide bonds. The number of benzene rings is 1. The molecule has 7 heteroatoms. The summed E-state index contributed by atoms with van der Waals surface area (Å²) in [6.07, 6.45) is 0.965. The molecular formula is C17H21ClN4O2. The molecule has 128 valence electrons. The molecule has 1 unspecified atom stereocenters. The van der Waals surface area contributed by atoms with Gasteiger partial charge in [0.2, 0.25) is 5.95 Å². The van der Waals surface area contributed by atoms with Crippen molar-refractivity contribution in [3.63, 3.8) is 0 Å². The zero-order valence-electron chi connectivity index (χ0n) is 13.3. The molecule has 0 bridgehead atoms. The van der Waals surface area contributed by atoms with Crippen molar-refractivity contribution in [1.82, 2.24) is 9.97 Å². The summed E-state index contributed by atoms with van der Waals surface area (Å²) in [5.41, 5.74) is 2.08. The van der Waals surface area contributed by atoms with Gasteiger partial charge in [0.05, 0.1) is 18.9 Å². The minimum Gasteiger partial charge on any atom is -0.395 e. The van der Waals surface area contributed by atoms with Crippen LogP contribution in [0.4, 0.5) is 11.8 Å². The van der Waals surface area contributed by atoms with E-state index in [0.29, 0.717) is 31.6 Å². The number of hydrogen-bond donors (Lipinski definition) is 3. The molecule has 24 heavy (non-hydrogen) atoms. The summed E-state index contributed by atoms with van der Waals surface area (Å²) in [4.78, 5) is 9.01. The van der Waals surface area contributed by atoms with Gasteiger partial charge in [-0.25, -0.2) is 4.98 Å². The molecule has 2 heterocycles. The van der Waals surface area contributed by atoms with E-state index in [2.05, 4.69) is 20.6 Å². The first-order valence-corrected chi connectivity index (χ1v) is 8.42. The summed E-state index contributed by atoms with van der Waals surface area (Å²) in [5.74, 6) is 1.56. The van der Waals surface area contributed by atoms with Crippen LogP contribution in [-0.4, -0.2) is 41.4 Å². The van der Waals surface area contributed by atoms with Crippen LogP contribution in [0.5, 0.6) is 0 Å². The molecule has 0 radical (unpaired) electrons. The molecule has 6 nitrogen and oxygen atoms in total. The fourth-order valence-corrected chi connectivity index (χ4v) is 2.70. The Bertz CT molecular complexity index is 660. The first-order chi connectivity index (χ1) is 11.7. The van der Waals surface area contributed by atoms with Gasteiger partial charge in [0.25, 0.3) is 0 Å². The van der Waals surface area contributed by atoms with E-state index in [1.165, 1.54) is 0 Å². The molecule has 1 aliphatic heterocycles. The Morgan fingerprint density at radius 2 is 2.04 bits per heavy atom. The number of aromatic nitrogens is 2. The molecule has 2 aromatic rings. The third kappa shape index (κ3) is 4.56. The molecule has 3 N–H and O–H groups in total. The van der Waals surface area contributed by atoms with Crippen molar-refractivity contribution in [3.05, 3.63) is 46.6 Å². The van der Waals surface area contributed by atoms with Gasteiger partial charge in [0.1, 0.15) is 5.82 Å². The van der Waals surface area contributed by atoms with Crippen LogP contribution in [-0.2, 0) is 11.3 Å². The van der Waals surface area contributed by atoms with Gasteiger partial charge in [-0.05, 0) is 24.1 Å². The smallest absolute Gasteiger partial charge is 0.224 e. The normalized spacial score (nSPS) is 17.0. The Labute approximate surface area is 146 Å². The van der Waals surface area contributed by atoms with Crippen molar-refractivity contribution in [1.29, 1.82) is 0 Å². The van der Waals surface area contributed by atoms with Gasteiger partial charge in [0, 0.05) is 36.7 Å². The lowest BCUT2D eigenvalue weighted by molar-refractivity contribution is 0.193. The quantitative estimate of drug-likeness (QED) is 0.714. The Morgan fingerprint density at radius 1 is 1.21 bits per heavy atom. The minimum atomic E-state index is 0.0354. The fourth-order valence-electron chi connectivity index (χ4n) is 2.58. The predicted molar refractivity (Wildman–Crippen MR) is 94.6 cm³/mol. The van der Waals surface area contributed by atoms with Crippen molar-refractivity contribution >= 4 is 23.4 Å². The maximum absolute atomic E-state index is 8.99. The monoisotopic (exact) mass is 348 g/mol. The average molecular weight is 349 g/mol. The van der Waals surface area contributed by atoms with E-state index < -0.39 is 0 Å². The lowest BCUT2D eigenvalue weighted by Gasteiger charge is -2.13. The second-order valence-electron chi connectivity index (χ2n) is 5.69. The number of aliphatic hydroxyl groups excluding tert-OH is 1. The Hall–Kier alpha value is -1.89. The van der Waals surface area contributed by atoms with Gasteiger partial charge in [-0.15, -0.1) is 0 Å². The molecule has 1 aromatic carbocycles. The van der Waals surface area contributed by atoms with Gasteiger partial charge < -0.3 is 20.5 Å². The highest BCUT2D eigenvalue weighted by atomic mass is 35.5. The zero-order chi connectivity index (χ0) is 16.8. The number of aliphatic hydroxyl groups is 1. The molecule has 3 rings (SSSR count). The number of nitrogens with one attached hydrogen (secondary N) is 2. The summed E-state index contributed by atoms with van der Waals surface area (Å²) >= 11 is 5.91. The van der Waals surface area contributed by atoms with Crippen LogP contribution in [0.2, 0.25) is 5.02 Å². The molecule has 1 saturated heterocycles. The fraction of sp³-hybridized carbons (Fsp3) is 0.412. The van der Waals surface area contributed by atoms with E-state index in [1.807, 2.05) is 30.3 Å². The van der Waals surface area contributed by atoms with E-state index in [1.54, 1.807) is 0 Å². The minimum absolute atomic E-state index is 0.0354. The van der Waals surface area contributed by atoms with Crippen LogP contribution in [0.1, 0.15) is 23.6 Å². The first kappa shape index (κ1) is 17.0. The predicted octanol–water partition coefficient (Wildman–Crippen LogP) is 2.65. The molecule has 1 aromatic heterocycles. The summed E-state index contributed by atoms with van der Waals surface area (Å²) in [7, 11) is 0. The highest BCUT2D eigenvalue weighted by Gasteiger charge is 2.20. The maximum atomic E-state index is 8.99.